The smallest absolute Gasteiger partial charge is 0.319 e. The first-order valence-electron chi connectivity index (χ1n) is 7.46. The molecule has 0 bridgehead atoms. The van der Waals surface area contributed by atoms with E-state index in [0.717, 1.165) is 11.3 Å². The van der Waals surface area contributed by atoms with Gasteiger partial charge in [-0.25, -0.2) is 0 Å². The molecule has 1 aromatic carbocycles. The van der Waals surface area contributed by atoms with Gasteiger partial charge in [-0.1, -0.05) is 0 Å². The fraction of sp³-hybridized carbons (Fsp3) is 0.438. The molecule has 22 heavy (non-hydrogen) atoms. The first-order valence-corrected chi connectivity index (χ1v) is 7.46. The van der Waals surface area contributed by atoms with Gasteiger partial charge in [0, 0.05) is 24.3 Å². The minimum Gasteiger partial charge on any atom is -0.480 e. The van der Waals surface area contributed by atoms with Crippen LogP contribution in [-0.2, 0) is 20.8 Å². The van der Waals surface area contributed by atoms with Crippen molar-refractivity contribution < 1.29 is 19.5 Å². The average Bonchev–Trinajstić information content (AvgIpc) is 3.29. The Labute approximate surface area is 128 Å². The summed E-state index contributed by atoms with van der Waals surface area (Å²) in [6.07, 6.45) is 1.87. The number of rotatable bonds is 4. The number of carbonyl (C=O) groups is 3. The summed E-state index contributed by atoms with van der Waals surface area (Å²) in [4.78, 5) is 36.9. The van der Waals surface area contributed by atoms with Gasteiger partial charge in [-0.3, -0.25) is 14.4 Å². The third-order valence-electron chi connectivity index (χ3n) is 4.45. The maximum atomic E-state index is 12.1. The van der Waals surface area contributed by atoms with Crippen LogP contribution < -0.4 is 10.2 Å². The van der Waals surface area contributed by atoms with Gasteiger partial charge in [-0.2, -0.15) is 0 Å². The molecule has 0 radical (unpaired) electrons. The van der Waals surface area contributed by atoms with Crippen LogP contribution in [0.4, 0.5) is 11.4 Å². The summed E-state index contributed by atoms with van der Waals surface area (Å²) in [7, 11) is 0. The molecule has 1 aromatic rings. The zero-order valence-corrected chi connectivity index (χ0v) is 12.4. The van der Waals surface area contributed by atoms with E-state index in [1.807, 2.05) is 19.1 Å². The molecule has 0 saturated heterocycles. The highest BCUT2D eigenvalue weighted by molar-refractivity contribution is 6.11. The number of aliphatic carboxylic acids is 1. The summed E-state index contributed by atoms with van der Waals surface area (Å²) < 4.78 is 0. The monoisotopic (exact) mass is 302 g/mol. The predicted octanol–water partition coefficient (Wildman–Crippen LogP) is 1.79. The molecule has 116 valence electrons. The van der Waals surface area contributed by atoms with E-state index in [2.05, 4.69) is 5.32 Å². The molecule has 3 rings (SSSR count). The highest BCUT2D eigenvalue weighted by Crippen LogP contribution is 2.46. The van der Waals surface area contributed by atoms with Gasteiger partial charge in [-0.15, -0.1) is 0 Å². The van der Waals surface area contributed by atoms with Gasteiger partial charge in [0.25, 0.3) is 0 Å². The van der Waals surface area contributed by atoms with Gasteiger partial charge in [0.2, 0.25) is 11.8 Å². The first-order chi connectivity index (χ1) is 10.5. The Hall–Kier alpha value is -2.37. The van der Waals surface area contributed by atoms with E-state index in [1.165, 1.54) is 0 Å². The van der Waals surface area contributed by atoms with Crippen molar-refractivity contribution in [1.29, 1.82) is 0 Å². The molecular weight excluding hydrogens is 284 g/mol. The summed E-state index contributed by atoms with van der Waals surface area (Å²) in [6, 6.07) is 5.36. The zero-order chi connectivity index (χ0) is 15.9. The predicted molar refractivity (Wildman–Crippen MR) is 80.7 cm³/mol. The number of carboxylic acids is 1. The number of hydrogen-bond acceptors (Lipinski definition) is 3. The Kier molecular flexibility index (Phi) is 3.39. The van der Waals surface area contributed by atoms with Crippen molar-refractivity contribution in [1.82, 2.24) is 0 Å². The Morgan fingerprint density at radius 3 is 2.64 bits per heavy atom. The lowest BCUT2D eigenvalue weighted by atomic mass is 10.00. The summed E-state index contributed by atoms with van der Waals surface area (Å²) in [6.45, 7) is 2.53. The van der Waals surface area contributed by atoms with Crippen LogP contribution in [0.5, 0.6) is 0 Å². The molecule has 2 amide bonds. The molecule has 6 nitrogen and oxygen atoms in total. The van der Waals surface area contributed by atoms with Crippen LogP contribution in [0, 0.1) is 5.41 Å². The molecule has 1 aliphatic carbocycles. The van der Waals surface area contributed by atoms with Crippen molar-refractivity contribution in [2.75, 3.05) is 16.8 Å². The zero-order valence-electron chi connectivity index (χ0n) is 12.4. The summed E-state index contributed by atoms with van der Waals surface area (Å²) in [5.41, 5.74) is 1.21. The average molecular weight is 302 g/mol. The Morgan fingerprint density at radius 1 is 1.32 bits per heavy atom. The number of hydrogen-bond donors (Lipinski definition) is 2. The van der Waals surface area contributed by atoms with Crippen molar-refractivity contribution in [3.8, 4) is 0 Å². The van der Waals surface area contributed by atoms with Crippen LogP contribution in [0.3, 0.4) is 0 Å². The molecule has 0 spiro atoms. The molecule has 2 N–H and O–H groups in total. The molecule has 1 saturated carbocycles. The third kappa shape index (κ3) is 2.24. The van der Waals surface area contributed by atoms with Crippen molar-refractivity contribution in [2.45, 2.75) is 32.6 Å². The number of nitrogens with zero attached hydrogens (tertiary/aromatic N) is 1. The van der Waals surface area contributed by atoms with Gasteiger partial charge >= 0.3 is 5.97 Å². The second kappa shape index (κ2) is 5.12. The Bertz CT molecular complexity index is 664. The second-order valence-electron chi connectivity index (χ2n) is 5.82. The summed E-state index contributed by atoms with van der Waals surface area (Å²) in [5, 5.41) is 11.8. The van der Waals surface area contributed by atoms with Crippen LogP contribution >= 0.6 is 0 Å². The number of fused-ring (bicyclic) bond motifs is 1. The van der Waals surface area contributed by atoms with Gasteiger partial charge in [-0.05, 0) is 49.9 Å². The Morgan fingerprint density at radius 2 is 2.05 bits per heavy atom. The first kappa shape index (κ1) is 14.6. The number of carbonyl (C=O) groups excluding carboxylic acids is 2. The number of aryl methyl sites for hydroxylation is 1. The van der Waals surface area contributed by atoms with Crippen molar-refractivity contribution in [3.63, 3.8) is 0 Å². The lowest BCUT2D eigenvalue weighted by molar-refractivity contribution is -0.147. The molecule has 1 aliphatic heterocycles. The van der Waals surface area contributed by atoms with E-state index >= 15 is 0 Å². The number of benzene rings is 1. The summed E-state index contributed by atoms with van der Waals surface area (Å²) >= 11 is 0. The lowest BCUT2D eigenvalue weighted by Gasteiger charge is -2.28. The van der Waals surface area contributed by atoms with Crippen LogP contribution in [0.15, 0.2) is 18.2 Å². The van der Waals surface area contributed by atoms with Gasteiger partial charge in [0.05, 0.1) is 0 Å². The number of anilines is 2. The van der Waals surface area contributed by atoms with Gasteiger partial charge in [0.15, 0.2) is 0 Å². The minimum atomic E-state index is -1.25. The standard InChI is InChI=1S/C16H18N2O4/c1-2-18-12-5-4-11(9-10(12)3-6-13(18)19)17-14(20)16(7-8-16)15(21)22/h4-5,9H,2-3,6-8H2,1H3,(H,17,20)(H,21,22). The molecule has 1 heterocycles. The molecular formula is C16H18N2O4. The van der Waals surface area contributed by atoms with Gasteiger partial charge in [0.1, 0.15) is 5.41 Å². The SMILES string of the molecule is CCN1C(=O)CCc2cc(NC(=O)C3(C(=O)O)CC3)ccc21. The number of nitrogens with one attached hydrogen (secondary N) is 1. The maximum absolute atomic E-state index is 12.1. The van der Waals surface area contributed by atoms with Crippen LogP contribution in [0.1, 0.15) is 31.7 Å². The third-order valence-corrected chi connectivity index (χ3v) is 4.45. The Balaban J connectivity index is 1.81. The second-order valence-corrected chi connectivity index (χ2v) is 5.82. The van der Waals surface area contributed by atoms with E-state index in [0.29, 0.717) is 37.9 Å². The molecule has 0 atom stereocenters. The minimum absolute atomic E-state index is 0.106. The highest BCUT2D eigenvalue weighted by Gasteiger charge is 2.57. The molecule has 1 fully saturated rings. The van der Waals surface area contributed by atoms with E-state index < -0.39 is 17.3 Å². The van der Waals surface area contributed by atoms with E-state index in [-0.39, 0.29) is 5.91 Å². The van der Waals surface area contributed by atoms with Crippen molar-refractivity contribution in [2.24, 2.45) is 5.41 Å². The maximum Gasteiger partial charge on any atom is 0.319 e. The fourth-order valence-electron chi connectivity index (χ4n) is 2.90. The van der Waals surface area contributed by atoms with Crippen LogP contribution in [-0.4, -0.2) is 29.4 Å². The largest absolute Gasteiger partial charge is 0.480 e. The number of carboxylic acid groups (broad SMARTS) is 1. The highest BCUT2D eigenvalue weighted by atomic mass is 16.4. The van der Waals surface area contributed by atoms with Crippen molar-refractivity contribution >= 4 is 29.2 Å². The molecule has 2 aliphatic rings. The fourth-order valence-corrected chi connectivity index (χ4v) is 2.90. The van der Waals surface area contributed by atoms with E-state index in [1.54, 1.807) is 11.0 Å². The molecule has 0 unspecified atom stereocenters. The molecule has 0 aromatic heterocycles. The van der Waals surface area contributed by atoms with Crippen molar-refractivity contribution in [3.05, 3.63) is 23.8 Å². The van der Waals surface area contributed by atoms with Crippen LogP contribution in [0.25, 0.3) is 0 Å². The summed E-state index contributed by atoms with van der Waals surface area (Å²) in [5.74, 6) is -1.42. The normalized spacial score (nSPS) is 18.6. The lowest BCUT2D eigenvalue weighted by Crippen LogP contribution is -2.35. The quantitative estimate of drug-likeness (QED) is 0.830. The number of amides is 2. The topological polar surface area (TPSA) is 86.7 Å². The van der Waals surface area contributed by atoms with E-state index in [9.17, 15) is 14.4 Å². The van der Waals surface area contributed by atoms with Crippen LogP contribution in [0.2, 0.25) is 0 Å². The van der Waals surface area contributed by atoms with Gasteiger partial charge < -0.3 is 15.3 Å². The van der Waals surface area contributed by atoms with E-state index in [4.69, 9.17) is 5.11 Å². The molecule has 6 heteroatoms.